The molecule has 10 heteroatoms. The Hall–Kier alpha value is -3.01. The Morgan fingerprint density at radius 2 is 1.67 bits per heavy atom. The number of carbonyl (C=O) groups excluding carboxylic acids is 2. The number of carbonyl (C=O) groups is 2. The SMILES string of the molecule is NC(=O)c1ccc2c(c1)C1(CCN(CCC(F)(F)F)CC1)CN2C(=O)c1c(F)cccc1F. The summed E-state index contributed by atoms with van der Waals surface area (Å²) in [6.07, 6.45) is -4.33. The average molecular weight is 467 g/mol. The molecule has 1 saturated heterocycles. The number of piperidine rings is 1. The molecule has 0 radical (unpaired) electrons. The third-order valence-corrected chi connectivity index (χ3v) is 6.55. The number of halogens is 5. The molecule has 1 fully saturated rings. The first-order chi connectivity index (χ1) is 15.5. The number of benzene rings is 2. The topological polar surface area (TPSA) is 66.6 Å². The zero-order valence-electron chi connectivity index (χ0n) is 17.6. The molecule has 2 aliphatic heterocycles. The summed E-state index contributed by atoms with van der Waals surface area (Å²) in [4.78, 5) is 27.9. The number of alkyl halides is 3. The van der Waals surface area contributed by atoms with Crippen molar-refractivity contribution in [1.29, 1.82) is 0 Å². The lowest BCUT2D eigenvalue weighted by molar-refractivity contribution is -0.138. The fourth-order valence-electron chi connectivity index (χ4n) is 4.76. The van der Waals surface area contributed by atoms with E-state index in [-0.39, 0.29) is 18.7 Å². The van der Waals surface area contributed by atoms with Crippen LogP contribution < -0.4 is 10.6 Å². The summed E-state index contributed by atoms with van der Waals surface area (Å²) < 4.78 is 66.5. The summed E-state index contributed by atoms with van der Waals surface area (Å²) in [6, 6.07) is 7.70. The summed E-state index contributed by atoms with van der Waals surface area (Å²) in [5, 5.41) is 0. The molecule has 2 aromatic rings. The van der Waals surface area contributed by atoms with Gasteiger partial charge in [0.2, 0.25) is 5.91 Å². The molecule has 2 amide bonds. The van der Waals surface area contributed by atoms with Gasteiger partial charge >= 0.3 is 6.18 Å². The zero-order chi connectivity index (χ0) is 24.0. The molecule has 0 aliphatic carbocycles. The molecule has 0 saturated carbocycles. The van der Waals surface area contributed by atoms with E-state index in [1.165, 1.54) is 17.0 Å². The van der Waals surface area contributed by atoms with Crippen molar-refractivity contribution in [3.05, 3.63) is 64.7 Å². The Labute approximate surface area is 187 Å². The molecule has 176 valence electrons. The van der Waals surface area contributed by atoms with Crippen molar-refractivity contribution < 1.29 is 31.5 Å². The Morgan fingerprint density at radius 1 is 1.03 bits per heavy atom. The number of hydrogen-bond donors (Lipinski definition) is 1. The number of primary amides is 1. The van der Waals surface area contributed by atoms with Crippen molar-refractivity contribution in [2.45, 2.75) is 30.9 Å². The highest BCUT2D eigenvalue weighted by molar-refractivity contribution is 6.08. The minimum atomic E-state index is -4.25. The first-order valence-corrected chi connectivity index (χ1v) is 10.5. The summed E-state index contributed by atoms with van der Waals surface area (Å²) >= 11 is 0. The first kappa shape index (κ1) is 23.2. The maximum absolute atomic E-state index is 14.3. The van der Waals surface area contributed by atoms with Crippen molar-refractivity contribution in [1.82, 2.24) is 4.90 Å². The predicted octanol–water partition coefficient (Wildman–Crippen LogP) is 4.01. The van der Waals surface area contributed by atoms with Gasteiger partial charge in [0.25, 0.3) is 5.91 Å². The monoisotopic (exact) mass is 467 g/mol. The van der Waals surface area contributed by atoms with E-state index in [0.29, 0.717) is 37.2 Å². The van der Waals surface area contributed by atoms with Crippen LogP contribution in [0.1, 0.15) is 45.5 Å². The van der Waals surface area contributed by atoms with E-state index in [1.807, 2.05) is 0 Å². The van der Waals surface area contributed by atoms with Gasteiger partial charge < -0.3 is 15.5 Å². The summed E-state index contributed by atoms with van der Waals surface area (Å²) in [5.41, 5.74) is 5.35. The minimum Gasteiger partial charge on any atom is -0.366 e. The number of hydrogen-bond acceptors (Lipinski definition) is 3. The molecule has 5 nitrogen and oxygen atoms in total. The molecule has 2 aliphatic rings. The molecule has 2 heterocycles. The Morgan fingerprint density at radius 3 is 2.24 bits per heavy atom. The van der Waals surface area contributed by atoms with Crippen molar-refractivity contribution in [2.75, 3.05) is 31.1 Å². The van der Waals surface area contributed by atoms with Gasteiger partial charge in [0, 0.05) is 29.8 Å². The number of nitrogens with zero attached hydrogens (tertiary/aromatic N) is 2. The van der Waals surface area contributed by atoms with E-state index < -0.39 is 47.0 Å². The van der Waals surface area contributed by atoms with Crippen LogP contribution in [0.25, 0.3) is 0 Å². The number of likely N-dealkylation sites (tertiary alicyclic amines) is 1. The van der Waals surface area contributed by atoms with Crippen molar-refractivity contribution in [3.8, 4) is 0 Å². The highest BCUT2D eigenvalue weighted by atomic mass is 19.4. The van der Waals surface area contributed by atoms with Crippen molar-refractivity contribution in [3.63, 3.8) is 0 Å². The van der Waals surface area contributed by atoms with E-state index in [2.05, 4.69) is 0 Å². The van der Waals surface area contributed by atoms with Gasteiger partial charge in [0.1, 0.15) is 17.2 Å². The molecule has 0 atom stereocenters. The summed E-state index contributed by atoms with van der Waals surface area (Å²) in [5.74, 6) is -3.49. The molecule has 4 rings (SSSR count). The number of anilines is 1. The second-order valence-corrected chi connectivity index (χ2v) is 8.57. The third-order valence-electron chi connectivity index (χ3n) is 6.55. The number of rotatable bonds is 4. The normalized spacial score (nSPS) is 17.9. The second-order valence-electron chi connectivity index (χ2n) is 8.57. The van der Waals surface area contributed by atoms with Gasteiger partial charge in [-0.2, -0.15) is 13.2 Å². The van der Waals surface area contributed by atoms with Crippen LogP contribution in [-0.4, -0.2) is 49.1 Å². The van der Waals surface area contributed by atoms with Gasteiger partial charge in [0.05, 0.1) is 6.42 Å². The molecular weight excluding hydrogens is 445 g/mol. The maximum Gasteiger partial charge on any atom is 0.390 e. The van der Waals surface area contributed by atoms with Gasteiger partial charge in [-0.1, -0.05) is 6.07 Å². The molecule has 1 spiro atoms. The molecule has 0 aromatic heterocycles. The lowest BCUT2D eigenvalue weighted by Crippen LogP contribution is -2.46. The van der Waals surface area contributed by atoms with E-state index in [0.717, 1.165) is 18.2 Å². The molecule has 0 bridgehead atoms. The quantitative estimate of drug-likeness (QED) is 0.692. The van der Waals surface area contributed by atoms with Gasteiger partial charge in [-0.3, -0.25) is 9.59 Å². The highest BCUT2D eigenvalue weighted by Crippen LogP contribution is 2.48. The fraction of sp³-hybridized carbons (Fsp3) is 0.391. The molecular formula is C23H22F5N3O2. The van der Waals surface area contributed by atoms with Gasteiger partial charge in [-0.05, 0) is 61.8 Å². The number of amides is 2. The Kier molecular flexibility index (Phi) is 5.90. The zero-order valence-corrected chi connectivity index (χ0v) is 17.6. The van der Waals surface area contributed by atoms with Crippen LogP contribution in [0.15, 0.2) is 36.4 Å². The fourth-order valence-corrected chi connectivity index (χ4v) is 4.76. The standard InChI is InChI=1S/C23H22F5N3O2/c24-16-2-1-3-17(25)19(16)21(33)31-13-22(15-12-14(20(29)32)4-5-18(15)31)6-9-30(10-7-22)11-8-23(26,27)28/h1-5,12H,6-11,13H2,(H2,29,32). The van der Waals surface area contributed by atoms with Crippen LogP contribution in [-0.2, 0) is 5.41 Å². The lowest BCUT2D eigenvalue weighted by atomic mass is 9.74. The summed E-state index contributed by atoms with van der Waals surface area (Å²) in [6.45, 7) is 0.680. The third kappa shape index (κ3) is 4.44. The van der Waals surface area contributed by atoms with E-state index in [1.54, 1.807) is 11.0 Å². The van der Waals surface area contributed by atoms with Crippen LogP contribution in [0, 0.1) is 11.6 Å². The van der Waals surface area contributed by atoms with E-state index in [4.69, 9.17) is 5.73 Å². The average Bonchev–Trinajstić information content (AvgIpc) is 3.06. The highest BCUT2D eigenvalue weighted by Gasteiger charge is 2.47. The first-order valence-electron chi connectivity index (χ1n) is 10.5. The molecule has 0 unspecified atom stereocenters. The van der Waals surface area contributed by atoms with Crippen LogP contribution in [0.3, 0.4) is 0 Å². The lowest BCUT2D eigenvalue weighted by Gasteiger charge is -2.40. The number of nitrogens with two attached hydrogens (primary N) is 1. The smallest absolute Gasteiger partial charge is 0.366 e. The second kappa shape index (κ2) is 8.40. The number of fused-ring (bicyclic) bond motifs is 2. The van der Waals surface area contributed by atoms with Crippen LogP contribution >= 0.6 is 0 Å². The van der Waals surface area contributed by atoms with Gasteiger partial charge in [0.15, 0.2) is 0 Å². The molecule has 33 heavy (non-hydrogen) atoms. The summed E-state index contributed by atoms with van der Waals surface area (Å²) in [7, 11) is 0. The molecule has 2 N–H and O–H groups in total. The maximum atomic E-state index is 14.3. The van der Waals surface area contributed by atoms with Crippen LogP contribution in [0.4, 0.5) is 27.6 Å². The van der Waals surface area contributed by atoms with Gasteiger partial charge in [-0.15, -0.1) is 0 Å². The van der Waals surface area contributed by atoms with E-state index in [9.17, 15) is 31.5 Å². The molecule has 2 aromatic carbocycles. The largest absolute Gasteiger partial charge is 0.390 e. The van der Waals surface area contributed by atoms with E-state index >= 15 is 0 Å². The minimum absolute atomic E-state index is 0.101. The van der Waals surface area contributed by atoms with Crippen LogP contribution in [0.2, 0.25) is 0 Å². The van der Waals surface area contributed by atoms with Gasteiger partial charge in [-0.25, -0.2) is 8.78 Å². The predicted molar refractivity (Wildman–Crippen MR) is 111 cm³/mol. The van der Waals surface area contributed by atoms with Crippen molar-refractivity contribution in [2.24, 2.45) is 5.73 Å². The Balaban J connectivity index is 1.66. The Bertz CT molecular complexity index is 1070. The van der Waals surface area contributed by atoms with Crippen LogP contribution in [0.5, 0.6) is 0 Å². The van der Waals surface area contributed by atoms with Crippen molar-refractivity contribution >= 4 is 17.5 Å².